The Kier molecular flexibility index (Phi) is 3.99. The number of aryl methyl sites for hydroxylation is 3. The number of benzene rings is 2. The van der Waals surface area contributed by atoms with Gasteiger partial charge < -0.3 is 10.6 Å². The number of fused-ring (bicyclic) bond motifs is 1. The maximum absolute atomic E-state index is 12.3. The van der Waals surface area contributed by atoms with Crippen LogP contribution in [-0.4, -0.2) is 12.5 Å². The quantitative estimate of drug-likeness (QED) is 0.944. The second-order valence-electron chi connectivity index (χ2n) is 6.10. The van der Waals surface area contributed by atoms with Crippen molar-refractivity contribution in [2.24, 2.45) is 5.73 Å². The van der Waals surface area contributed by atoms with E-state index in [2.05, 4.69) is 38.1 Å². The van der Waals surface area contributed by atoms with Gasteiger partial charge in [0, 0.05) is 24.7 Å². The van der Waals surface area contributed by atoms with Crippen LogP contribution >= 0.6 is 0 Å². The summed E-state index contributed by atoms with van der Waals surface area (Å²) in [5, 5.41) is 0. The van der Waals surface area contributed by atoms with Gasteiger partial charge in [-0.3, -0.25) is 4.79 Å². The summed E-state index contributed by atoms with van der Waals surface area (Å²) in [7, 11) is 0. The lowest BCUT2D eigenvalue weighted by Crippen LogP contribution is -2.40. The van der Waals surface area contributed by atoms with Gasteiger partial charge in [-0.1, -0.05) is 42.0 Å². The third kappa shape index (κ3) is 2.77. The van der Waals surface area contributed by atoms with Crippen molar-refractivity contribution >= 4 is 11.6 Å². The molecule has 22 heavy (non-hydrogen) atoms. The van der Waals surface area contributed by atoms with E-state index in [1.54, 1.807) is 0 Å². The Morgan fingerprint density at radius 3 is 2.73 bits per heavy atom. The van der Waals surface area contributed by atoms with Crippen molar-refractivity contribution in [3.05, 3.63) is 64.7 Å². The predicted molar refractivity (Wildman–Crippen MR) is 90.0 cm³/mol. The molecule has 0 radical (unpaired) electrons. The number of carbonyl (C=O) groups is 1. The average Bonchev–Trinajstić information content (AvgIpc) is 2.52. The zero-order chi connectivity index (χ0) is 15.7. The van der Waals surface area contributed by atoms with Crippen molar-refractivity contribution < 1.29 is 4.79 Å². The molecule has 0 spiro atoms. The van der Waals surface area contributed by atoms with Gasteiger partial charge in [-0.25, -0.2) is 0 Å². The number of anilines is 1. The van der Waals surface area contributed by atoms with Crippen molar-refractivity contribution in [3.8, 4) is 0 Å². The van der Waals surface area contributed by atoms with Gasteiger partial charge in [0.25, 0.3) is 0 Å². The van der Waals surface area contributed by atoms with Gasteiger partial charge in [0.2, 0.25) is 5.91 Å². The highest BCUT2D eigenvalue weighted by Gasteiger charge is 2.26. The first-order valence-electron chi connectivity index (χ1n) is 7.77. The van der Waals surface area contributed by atoms with Crippen molar-refractivity contribution in [1.29, 1.82) is 0 Å². The Labute approximate surface area is 131 Å². The summed E-state index contributed by atoms with van der Waals surface area (Å²) < 4.78 is 0. The van der Waals surface area contributed by atoms with Gasteiger partial charge >= 0.3 is 0 Å². The van der Waals surface area contributed by atoms with Crippen LogP contribution in [0.15, 0.2) is 42.5 Å². The zero-order valence-corrected chi connectivity index (χ0v) is 13.2. The van der Waals surface area contributed by atoms with Crippen molar-refractivity contribution in [2.75, 3.05) is 11.4 Å². The molecular formula is C19H22N2O. The highest BCUT2D eigenvalue weighted by molar-refractivity contribution is 5.96. The SMILES string of the molecule is Cc1ccc(C)c(C(N)CN2C(=O)CCc3ccccc32)c1. The van der Waals surface area contributed by atoms with Crippen LogP contribution in [0.4, 0.5) is 5.69 Å². The normalized spacial score (nSPS) is 15.6. The van der Waals surface area contributed by atoms with Gasteiger partial charge in [-0.15, -0.1) is 0 Å². The predicted octanol–water partition coefficient (Wildman–Crippen LogP) is 3.28. The van der Waals surface area contributed by atoms with Crippen LogP contribution in [0, 0.1) is 13.8 Å². The smallest absolute Gasteiger partial charge is 0.227 e. The molecule has 2 aromatic carbocycles. The summed E-state index contributed by atoms with van der Waals surface area (Å²) in [6, 6.07) is 14.3. The average molecular weight is 294 g/mol. The number of para-hydroxylation sites is 1. The largest absolute Gasteiger partial charge is 0.322 e. The lowest BCUT2D eigenvalue weighted by Gasteiger charge is -2.32. The van der Waals surface area contributed by atoms with E-state index in [9.17, 15) is 4.79 Å². The Hall–Kier alpha value is -2.13. The topological polar surface area (TPSA) is 46.3 Å². The fraction of sp³-hybridized carbons (Fsp3) is 0.316. The van der Waals surface area contributed by atoms with Gasteiger partial charge in [-0.2, -0.15) is 0 Å². The molecule has 3 rings (SSSR count). The number of amides is 1. The Bertz CT molecular complexity index is 708. The molecule has 0 aromatic heterocycles. The first-order valence-corrected chi connectivity index (χ1v) is 7.77. The molecule has 0 saturated carbocycles. The maximum atomic E-state index is 12.3. The molecule has 2 N–H and O–H groups in total. The molecule has 0 saturated heterocycles. The minimum atomic E-state index is -0.171. The van der Waals surface area contributed by atoms with Crippen LogP contribution in [0.1, 0.15) is 34.7 Å². The van der Waals surface area contributed by atoms with Gasteiger partial charge in [0.1, 0.15) is 0 Å². The molecule has 1 amide bonds. The van der Waals surface area contributed by atoms with Gasteiger partial charge in [-0.05, 0) is 43.0 Å². The van der Waals surface area contributed by atoms with E-state index in [0.717, 1.165) is 17.7 Å². The lowest BCUT2D eigenvalue weighted by molar-refractivity contribution is -0.119. The monoisotopic (exact) mass is 294 g/mol. The van der Waals surface area contributed by atoms with E-state index in [4.69, 9.17) is 5.73 Å². The highest BCUT2D eigenvalue weighted by atomic mass is 16.2. The van der Waals surface area contributed by atoms with Crippen LogP contribution in [0.2, 0.25) is 0 Å². The maximum Gasteiger partial charge on any atom is 0.227 e. The Morgan fingerprint density at radius 2 is 1.91 bits per heavy atom. The van der Waals surface area contributed by atoms with Crippen LogP contribution in [0.3, 0.4) is 0 Å². The summed E-state index contributed by atoms with van der Waals surface area (Å²) in [5.41, 5.74) is 12.2. The third-order valence-electron chi connectivity index (χ3n) is 4.41. The second kappa shape index (κ2) is 5.93. The number of hydrogen-bond acceptors (Lipinski definition) is 2. The number of rotatable bonds is 3. The van der Waals surface area contributed by atoms with E-state index >= 15 is 0 Å². The van der Waals surface area contributed by atoms with Crippen molar-refractivity contribution in [2.45, 2.75) is 32.7 Å². The molecule has 1 unspecified atom stereocenters. The molecule has 0 aliphatic carbocycles. The fourth-order valence-electron chi connectivity index (χ4n) is 3.15. The number of nitrogens with zero attached hydrogens (tertiary/aromatic N) is 1. The Balaban J connectivity index is 1.89. The number of carbonyl (C=O) groups excluding carboxylic acids is 1. The van der Waals surface area contributed by atoms with Gasteiger partial charge in [0.15, 0.2) is 0 Å². The summed E-state index contributed by atoms with van der Waals surface area (Å²) in [6.07, 6.45) is 1.39. The summed E-state index contributed by atoms with van der Waals surface area (Å²) in [5.74, 6) is 0.166. The molecule has 0 fully saturated rings. The number of hydrogen-bond donors (Lipinski definition) is 1. The van der Waals surface area contributed by atoms with Crippen molar-refractivity contribution in [3.63, 3.8) is 0 Å². The molecule has 0 bridgehead atoms. The van der Waals surface area contributed by atoms with Gasteiger partial charge in [0.05, 0.1) is 0 Å². The molecule has 3 heteroatoms. The van der Waals surface area contributed by atoms with Crippen LogP contribution < -0.4 is 10.6 Å². The van der Waals surface area contributed by atoms with E-state index in [0.29, 0.717) is 13.0 Å². The number of nitrogens with two attached hydrogens (primary N) is 1. The Morgan fingerprint density at radius 1 is 1.14 bits per heavy atom. The fourth-order valence-corrected chi connectivity index (χ4v) is 3.15. The molecule has 114 valence electrons. The van der Waals surface area contributed by atoms with Crippen molar-refractivity contribution in [1.82, 2.24) is 0 Å². The first kappa shape index (κ1) is 14.8. The standard InChI is InChI=1S/C19H22N2O/c1-13-7-8-14(2)16(11-13)17(20)12-21-18-6-4-3-5-15(18)9-10-19(21)22/h3-8,11,17H,9-10,12,20H2,1-2H3. The van der Waals surface area contributed by atoms with E-state index in [1.165, 1.54) is 16.7 Å². The van der Waals surface area contributed by atoms with Crippen LogP contribution in [0.5, 0.6) is 0 Å². The summed E-state index contributed by atoms with van der Waals surface area (Å²) in [4.78, 5) is 14.2. The first-order chi connectivity index (χ1) is 10.6. The highest BCUT2D eigenvalue weighted by Crippen LogP contribution is 2.29. The zero-order valence-electron chi connectivity index (χ0n) is 13.2. The summed E-state index contributed by atoms with van der Waals surface area (Å²) in [6.45, 7) is 4.66. The molecule has 1 aliphatic rings. The third-order valence-corrected chi connectivity index (χ3v) is 4.41. The molecule has 1 atom stereocenters. The molecule has 2 aromatic rings. The lowest BCUT2D eigenvalue weighted by atomic mass is 9.96. The van der Waals surface area contributed by atoms with E-state index in [1.807, 2.05) is 23.1 Å². The van der Waals surface area contributed by atoms with Crippen LogP contribution in [0.25, 0.3) is 0 Å². The van der Waals surface area contributed by atoms with E-state index < -0.39 is 0 Å². The minimum Gasteiger partial charge on any atom is -0.322 e. The molecular weight excluding hydrogens is 272 g/mol. The molecule has 3 nitrogen and oxygen atoms in total. The second-order valence-corrected chi connectivity index (χ2v) is 6.10. The minimum absolute atomic E-state index is 0.166. The van der Waals surface area contributed by atoms with Crippen LogP contribution in [-0.2, 0) is 11.2 Å². The molecule has 1 aliphatic heterocycles. The van der Waals surface area contributed by atoms with E-state index in [-0.39, 0.29) is 11.9 Å². The summed E-state index contributed by atoms with van der Waals surface area (Å²) >= 11 is 0. The molecule has 1 heterocycles.